The molecule has 6 heteroatoms. The number of aryl methyl sites for hydroxylation is 1. The highest BCUT2D eigenvalue weighted by atomic mass is 16.6. The summed E-state index contributed by atoms with van der Waals surface area (Å²) in [4.78, 5) is 22.7. The lowest BCUT2D eigenvalue weighted by Gasteiger charge is -2.22. The van der Waals surface area contributed by atoms with Crippen LogP contribution in [0.5, 0.6) is 0 Å². The van der Waals surface area contributed by atoms with Crippen LogP contribution in [0.3, 0.4) is 0 Å². The first-order chi connectivity index (χ1) is 10.1. The van der Waals surface area contributed by atoms with Gasteiger partial charge in [-0.2, -0.15) is 0 Å². The Balaban J connectivity index is 2.01. The Morgan fingerprint density at radius 1 is 1.52 bits per heavy atom. The van der Waals surface area contributed by atoms with Crippen molar-refractivity contribution in [3.05, 3.63) is 39.4 Å². The number of nitrogens with zero attached hydrogens (tertiary/aromatic N) is 1. The minimum atomic E-state index is -0.430. The molecule has 0 radical (unpaired) electrons. The number of nitro benzene ring substituents is 1. The number of hydrogen-bond acceptors (Lipinski definition) is 4. The van der Waals surface area contributed by atoms with E-state index in [0.29, 0.717) is 30.0 Å². The van der Waals surface area contributed by atoms with Gasteiger partial charge in [0, 0.05) is 23.7 Å². The van der Waals surface area contributed by atoms with Gasteiger partial charge in [0.25, 0.3) is 11.6 Å². The highest BCUT2D eigenvalue weighted by Crippen LogP contribution is 2.21. The number of piperidine rings is 1. The van der Waals surface area contributed by atoms with Gasteiger partial charge in [0.1, 0.15) is 0 Å². The first-order valence-electron chi connectivity index (χ1n) is 7.38. The molecule has 21 heavy (non-hydrogen) atoms. The Morgan fingerprint density at radius 2 is 2.33 bits per heavy atom. The van der Waals surface area contributed by atoms with Crippen molar-refractivity contribution in [2.75, 3.05) is 19.6 Å². The van der Waals surface area contributed by atoms with Crippen molar-refractivity contribution in [2.45, 2.75) is 26.2 Å². The van der Waals surface area contributed by atoms with E-state index in [1.54, 1.807) is 12.1 Å². The summed E-state index contributed by atoms with van der Waals surface area (Å²) >= 11 is 0. The fraction of sp³-hybridized carbons (Fsp3) is 0.533. The first-order valence-corrected chi connectivity index (χ1v) is 7.38. The second-order valence-corrected chi connectivity index (χ2v) is 5.38. The molecule has 0 saturated carbocycles. The molecule has 2 N–H and O–H groups in total. The molecule has 0 bridgehead atoms. The van der Waals surface area contributed by atoms with Crippen molar-refractivity contribution in [3.8, 4) is 0 Å². The molecular weight excluding hydrogens is 270 g/mol. The Kier molecular flexibility index (Phi) is 5.27. The lowest BCUT2D eigenvalue weighted by Crippen LogP contribution is -2.38. The standard InChI is InChI=1S/C15H21N3O3/c1-2-12-5-6-13(8-14(12)18(20)21)15(19)17-10-11-4-3-7-16-9-11/h5-6,8,11,16H,2-4,7,9-10H2,1H3,(H,17,19). The van der Waals surface area contributed by atoms with Crippen LogP contribution < -0.4 is 10.6 Å². The van der Waals surface area contributed by atoms with E-state index in [1.165, 1.54) is 6.07 Å². The minimum absolute atomic E-state index is 0.0180. The van der Waals surface area contributed by atoms with E-state index in [0.717, 1.165) is 25.9 Å². The molecule has 2 rings (SSSR count). The normalized spacial score (nSPS) is 18.2. The molecule has 114 valence electrons. The summed E-state index contributed by atoms with van der Waals surface area (Å²) in [7, 11) is 0. The Labute approximate surface area is 124 Å². The molecule has 1 saturated heterocycles. The van der Waals surface area contributed by atoms with Gasteiger partial charge >= 0.3 is 0 Å². The Morgan fingerprint density at radius 3 is 2.95 bits per heavy atom. The summed E-state index contributed by atoms with van der Waals surface area (Å²) in [6.07, 6.45) is 2.80. The van der Waals surface area contributed by atoms with Crippen LogP contribution >= 0.6 is 0 Å². The van der Waals surface area contributed by atoms with Gasteiger partial charge in [0.15, 0.2) is 0 Å². The zero-order valence-corrected chi connectivity index (χ0v) is 12.2. The number of nitro groups is 1. The molecule has 1 aliphatic heterocycles. The van der Waals surface area contributed by atoms with E-state index in [-0.39, 0.29) is 11.6 Å². The van der Waals surface area contributed by atoms with Crippen molar-refractivity contribution in [2.24, 2.45) is 5.92 Å². The quantitative estimate of drug-likeness (QED) is 0.641. The van der Waals surface area contributed by atoms with Crippen LogP contribution in [0, 0.1) is 16.0 Å². The van der Waals surface area contributed by atoms with Crippen molar-refractivity contribution >= 4 is 11.6 Å². The van der Waals surface area contributed by atoms with Gasteiger partial charge in [-0.3, -0.25) is 14.9 Å². The summed E-state index contributed by atoms with van der Waals surface area (Å²) in [5.74, 6) is 0.193. The molecule has 1 fully saturated rings. The third-order valence-corrected chi connectivity index (χ3v) is 3.88. The molecule has 1 aromatic carbocycles. The van der Waals surface area contributed by atoms with Crippen LogP contribution in [-0.2, 0) is 6.42 Å². The lowest BCUT2D eigenvalue weighted by atomic mass is 9.99. The maximum Gasteiger partial charge on any atom is 0.273 e. The van der Waals surface area contributed by atoms with Gasteiger partial charge in [0.2, 0.25) is 0 Å². The first kappa shape index (κ1) is 15.4. The number of amides is 1. The molecule has 1 amide bonds. The summed E-state index contributed by atoms with van der Waals surface area (Å²) in [6, 6.07) is 4.68. The van der Waals surface area contributed by atoms with E-state index in [2.05, 4.69) is 10.6 Å². The van der Waals surface area contributed by atoms with Crippen molar-refractivity contribution in [1.29, 1.82) is 0 Å². The molecule has 1 atom stereocenters. The third-order valence-electron chi connectivity index (χ3n) is 3.88. The van der Waals surface area contributed by atoms with Crippen LogP contribution in [0.25, 0.3) is 0 Å². The minimum Gasteiger partial charge on any atom is -0.352 e. The molecule has 1 aromatic rings. The monoisotopic (exact) mass is 291 g/mol. The van der Waals surface area contributed by atoms with Gasteiger partial charge in [-0.1, -0.05) is 13.0 Å². The van der Waals surface area contributed by atoms with E-state index in [4.69, 9.17) is 0 Å². The smallest absolute Gasteiger partial charge is 0.273 e. The van der Waals surface area contributed by atoms with Gasteiger partial charge in [0.05, 0.1) is 4.92 Å². The highest BCUT2D eigenvalue weighted by molar-refractivity contribution is 5.95. The Hall–Kier alpha value is -1.95. The molecule has 1 unspecified atom stereocenters. The SMILES string of the molecule is CCc1ccc(C(=O)NCC2CCCNC2)cc1[N+](=O)[O-]. The Bertz CT molecular complexity index is 525. The summed E-state index contributed by atoms with van der Waals surface area (Å²) in [6.45, 7) is 4.41. The topological polar surface area (TPSA) is 84.3 Å². The second-order valence-electron chi connectivity index (χ2n) is 5.38. The molecule has 0 aliphatic carbocycles. The molecule has 1 heterocycles. The third kappa shape index (κ3) is 4.01. The lowest BCUT2D eigenvalue weighted by molar-refractivity contribution is -0.385. The van der Waals surface area contributed by atoms with Crippen LogP contribution in [0.15, 0.2) is 18.2 Å². The zero-order chi connectivity index (χ0) is 15.2. The maximum atomic E-state index is 12.1. The van der Waals surface area contributed by atoms with E-state index in [1.807, 2.05) is 6.92 Å². The van der Waals surface area contributed by atoms with Gasteiger partial charge in [-0.15, -0.1) is 0 Å². The van der Waals surface area contributed by atoms with Crippen LogP contribution in [0.1, 0.15) is 35.7 Å². The molecular formula is C15H21N3O3. The van der Waals surface area contributed by atoms with E-state index in [9.17, 15) is 14.9 Å². The van der Waals surface area contributed by atoms with E-state index >= 15 is 0 Å². The summed E-state index contributed by atoms with van der Waals surface area (Å²) in [5, 5.41) is 17.2. The van der Waals surface area contributed by atoms with Crippen molar-refractivity contribution < 1.29 is 9.72 Å². The van der Waals surface area contributed by atoms with Crippen LogP contribution in [0.2, 0.25) is 0 Å². The van der Waals surface area contributed by atoms with Crippen LogP contribution in [0.4, 0.5) is 5.69 Å². The predicted octanol–water partition coefficient (Wildman–Crippen LogP) is 1.89. The summed E-state index contributed by atoms with van der Waals surface area (Å²) < 4.78 is 0. The van der Waals surface area contributed by atoms with Crippen molar-refractivity contribution in [1.82, 2.24) is 10.6 Å². The fourth-order valence-corrected chi connectivity index (χ4v) is 2.61. The highest BCUT2D eigenvalue weighted by Gasteiger charge is 2.18. The second kappa shape index (κ2) is 7.17. The number of rotatable bonds is 5. The molecule has 0 aromatic heterocycles. The number of hydrogen-bond donors (Lipinski definition) is 2. The van der Waals surface area contributed by atoms with Gasteiger partial charge < -0.3 is 10.6 Å². The molecule has 1 aliphatic rings. The maximum absolute atomic E-state index is 12.1. The average Bonchev–Trinajstić information content (AvgIpc) is 2.52. The predicted molar refractivity (Wildman–Crippen MR) is 80.4 cm³/mol. The average molecular weight is 291 g/mol. The summed E-state index contributed by atoms with van der Waals surface area (Å²) in [5.41, 5.74) is 1.01. The number of carbonyl (C=O) groups excluding carboxylic acids is 1. The fourth-order valence-electron chi connectivity index (χ4n) is 2.61. The molecule has 0 spiro atoms. The largest absolute Gasteiger partial charge is 0.352 e. The molecule has 6 nitrogen and oxygen atoms in total. The zero-order valence-electron chi connectivity index (χ0n) is 12.2. The van der Waals surface area contributed by atoms with Crippen molar-refractivity contribution in [3.63, 3.8) is 0 Å². The van der Waals surface area contributed by atoms with E-state index < -0.39 is 4.92 Å². The van der Waals surface area contributed by atoms with Crippen LogP contribution in [-0.4, -0.2) is 30.5 Å². The number of carbonyl (C=O) groups is 1. The number of nitrogens with one attached hydrogen (secondary N) is 2. The number of benzene rings is 1. The van der Waals surface area contributed by atoms with Gasteiger partial charge in [-0.05, 0) is 44.3 Å². The van der Waals surface area contributed by atoms with Gasteiger partial charge in [-0.25, -0.2) is 0 Å².